The van der Waals surface area contributed by atoms with E-state index in [4.69, 9.17) is 16.3 Å². The third-order valence-corrected chi connectivity index (χ3v) is 7.66. The quantitative estimate of drug-likeness (QED) is 0.234. The Morgan fingerprint density at radius 1 is 1.24 bits per heavy atom. The van der Waals surface area contributed by atoms with Gasteiger partial charge >= 0.3 is 5.97 Å². The molecule has 1 atom stereocenters. The van der Waals surface area contributed by atoms with Gasteiger partial charge in [0.2, 0.25) is 0 Å². The van der Waals surface area contributed by atoms with Crippen LogP contribution in [0.3, 0.4) is 0 Å². The van der Waals surface area contributed by atoms with E-state index in [2.05, 4.69) is 9.89 Å². The van der Waals surface area contributed by atoms with E-state index in [1.54, 1.807) is 50.3 Å². The molecule has 3 aromatic rings. The molecule has 11 heteroatoms. The molecule has 2 heterocycles. The zero-order valence-electron chi connectivity index (χ0n) is 21.4. The molecule has 0 aliphatic carbocycles. The highest BCUT2D eigenvalue weighted by atomic mass is 35.5. The molecule has 0 spiro atoms. The number of nitro benzene ring substituents is 1. The fraction of sp³-hybridized carbons (Fsp3) is 0.296. The van der Waals surface area contributed by atoms with E-state index in [0.29, 0.717) is 44.3 Å². The van der Waals surface area contributed by atoms with Gasteiger partial charge in [-0.25, -0.2) is 9.79 Å². The summed E-state index contributed by atoms with van der Waals surface area (Å²) in [7, 11) is 0. The van der Waals surface area contributed by atoms with E-state index in [1.807, 2.05) is 13.8 Å². The first kappa shape index (κ1) is 27.3. The zero-order chi connectivity index (χ0) is 27.6. The molecular formula is C27H27ClN4O5S. The van der Waals surface area contributed by atoms with Crippen molar-refractivity contribution in [1.29, 1.82) is 0 Å². The van der Waals surface area contributed by atoms with Gasteiger partial charge in [0.1, 0.15) is 6.04 Å². The summed E-state index contributed by atoms with van der Waals surface area (Å²) in [5.41, 5.74) is 2.09. The Kier molecular flexibility index (Phi) is 8.13. The van der Waals surface area contributed by atoms with Crippen LogP contribution < -0.4 is 19.8 Å². The predicted octanol–water partition coefficient (Wildman–Crippen LogP) is 4.21. The number of thiazole rings is 1. The lowest BCUT2D eigenvalue weighted by atomic mass is 9.96. The van der Waals surface area contributed by atoms with Crippen molar-refractivity contribution in [2.45, 2.75) is 33.7 Å². The monoisotopic (exact) mass is 554 g/mol. The number of anilines is 1. The van der Waals surface area contributed by atoms with Crippen molar-refractivity contribution in [1.82, 2.24) is 4.57 Å². The molecule has 0 bridgehead atoms. The third-order valence-electron chi connectivity index (χ3n) is 6.33. The zero-order valence-corrected chi connectivity index (χ0v) is 23.0. The van der Waals surface area contributed by atoms with Crippen LogP contribution >= 0.6 is 22.9 Å². The van der Waals surface area contributed by atoms with Gasteiger partial charge in [-0.3, -0.25) is 19.5 Å². The molecule has 0 saturated carbocycles. The Morgan fingerprint density at radius 3 is 2.58 bits per heavy atom. The number of ether oxygens (including phenoxy) is 1. The maximum atomic E-state index is 13.9. The number of esters is 1. The van der Waals surface area contributed by atoms with Crippen LogP contribution in [-0.4, -0.2) is 35.2 Å². The van der Waals surface area contributed by atoms with Gasteiger partial charge in [0, 0.05) is 41.5 Å². The first-order valence-corrected chi connectivity index (χ1v) is 13.4. The lowest BCUT2D eigenvalue weighted by Gasteiger charge is -2.25. The SMILES string of the molecule is CCOC(=O)C1=C(C)N=c2s/c(=C/c3cc([N+](=O)[O-])ccc3N(CC)CC)c(=O)n2[C@@H]1c1ccccc1Cl. The smallest absolute Gasteiger partial charge is 0.338 e. The number of nitro groups is 1. The lowest BCUT2D eigenvalue weighted by molar-refractivity contribution is -0.384. The summed E-state index contributed by atoms with van der Waals surface area (Å²) < 4.78 is 7.09. The average Bonchev–Trinajstić information content (AvgIpc) is 3.19. The molecule has 0 N–H and O–H groups in total. The van der Waals surface area contributed by atoms with Crippen LogP contribution in [0.2, 0.25) is 5.02 Å². The Labute approximate surface area is 228 Å². The second-order valence-electron chi connectivity index (χ2n) is 8.50. The third kappa shape index (κ3) is 5.01. The number of hydrogen-bond acceptors (Lipinski definition) is 8. The fourth-order valence-corrected chi connectivity index (χ4v) is 5.82. The highest BCUT2D eigenvalue weighted by Gasteiger charge is 2.34. The number of hydrogen-bond donors (Lipinski definition) is 0. The Bertz CT molecular complexity index is 1620. The highest BCUT2D eigenvalue weighted by Crippen LogP contribution is 2.34. The van der Waals surface area contributed by atoms with Gasteiger partial charge in [0.05, 0.1) is 27.3 Å². The van der Waals surface area contributed by atoms with Crippen molar-refractivity contribution in [3.8, 4) is 0 Å². The van der Waals surface area contributed by atoms with Crippen molar-refractivity contribution in [2.75, 3.05) is 24.6 Å². The van der Waals surface area contributed by atoms with E-state index >= 15 is 0 Å². The van der Waals surface area contributed by atoms with Gasteiger partial charge in [-0.1, -0.05) is 41.1 Å². The minimum atomic E-state index is -0.839. The molecule has 38 heavy (non-hydrogen) atoms. The van der Waals surface area contributed by atoms with Crippen molar-refractivity contribution in [3.05, 3.63) is 99.7 Å². The van der Waals surface area contributed by atoms with Crippen LogP contribution in [-0.2, 0) is 9.53 Å². The Balaban J connectivity index is 2.00. The largest absolute Gasteiger partial charge is 0.463 e. The Hall–Kier alpha value is -3.76. The van der Waals surface area contributed by atoms with Gasteiger partial charge in [-0.15, -0.1) is 0 Å². The first-order chi connectivity index (χ1) is 18.2. The molecule has 0 radical (unpaired) electrons. The number of fused-ring (bicyclic) bond motifs is 1. The summed E-state index contributed by atoms with van der Waals surface area (Å²) in [5.74, 6) is -0.574. The standard InChI is InChI=1S/C27H27ClN4O5S/c1-5-30(6-2)21-13-12-18(32(35)36)14-17(21)15-22-25(33)31-24(19-10-8-9-11-20(19)28)23(26(34)37-7-3)16(4)29-27(31)38-22/h8-15,24H,5-7H2,1-4H3/b22-15+/t24-/m1/s1. The molecule has 4 rings (SSSR count). The maximum absolute atomic E-state index is 13.9. The van der Waals surface area contributed by atoms with E-state index in [1.165, 1.54) is 16.7 Å². The Morgan fingerprint density at radius 2 is 1.95 bits per heavy atom. The highest BCUT2D eigenvalue weighted by molar-refractivity contribution is 7.07. The van der Waals surface area contributed by atoms with E-state index in [0.717, 1.165) is 17.0 Å². The maximum Gasteiger partial charge on any atom is 0.338 e. The molecular weight excluding hydrogens is 528 g/mol. The average molecular weight is 555 g/mol. The molecule has 0 fully saturated rings. The van der Waals surface area contributed by atoms with Gasteiger partial charge in [-0.05, 0) is 51.5 Å². The number of rotatable bonds is 8. The minimum absolute atomic E-state index is 0.0747. The summed E-state index contributed by atoms with van der Waals surface area (Å²) in [5, 5.41) is 11.9. The molecule has 0 unspecified atom stereocenters. The van der Waals surface area contributed by atoms with Crippen molar-refractivity contribution in [2.24, 2.45) is 4.99 Å². The van der Waals surface area contributed by atoms with Crippen LogP contribution in [0.5, 0.6) is 0 Å². The van der Waals surface area contributed by atoms with Gasteiger partial charge < -0.3 is 9.64 Å². The van der Waals surface area contributed by atoms with Crippen LogP contribution in [0, 0.1) is 10.1 Å². The number of aromatic nitrogens is 1. The summed E-state index contributed by atoms with van der Waals surface area (Å²) >= 11 is 7.70. The number of carbonyl (C=O) groups excluding carboxylic acids is 1. The van der Waals surface area contributed by atoms with Crippen LogP contribution in [0.15, 0.2) is 63.5 Å². The van der Waals surface area contributed by atoms with Gasteiger partial charge in [-0.2, -0.15) is 0 Å². The minimum Gasteiger partial charge on any atom is -0.463 e. The van der Waals surface area contributed by atoms with Crippen LogP contribution in [0.4, 0.5) is 11.4 Å². The lowest BCUT2D eigenvalue weighted by Crippen LogP contribution is -2.40. The van der Waals surface area contributed by atoms with Crippen molar-refractivity contribution in [3.63, 3.8) is 0 Å². The number of benzene rings is 2. The van der Waals surface area contributed by atoms with Crippen molar-refractivity contribution >= 4 is 46.4 Å². The molecule has 198 valence electrons. The fourth-order valence-electron chi connectivity index (χ4n) is 4.55. The molecule has 1 aliphatic heterocycles. The first-order valence-electron chi connectivity index (χ1n) is 12.2. The number of halogens is 1. The summed E-state index contributed by atoms with van der Waals surface area (Å²) in [6, 6.07) is 10.8. The summed E-state index contributed by atoms with van der Waals surface area (Å²) in [4.78, 5) is 45.0. The number of carbonyl (C=O) groups is 1. The summed E-state index contributed by atoms with van der Waals surface area (Å²) in [6.07, 6.45) is 1.65. The van der Waals surface area contributed by atoms with Gasteiger partial charge in [0.25, 0.3) is 11.2 Å². The number of allylic oxidation sites excluding steroid dienone is 1. The second kappa shape index (κ2) is 11.3. The van der Waals surface area contributed by atoms with Crippen LogP contribution in [0.25, 0.3) is 6.08 Å². The molecule has 1 aliphatic rings. The predicted molar refractivity (Wildman–Crippen MR) is 149 cm³/mol. The molecule has 0 amide bonds. The van der Waals surface area contributed by atoms with E-state index in [-0.39, 0.29) is 23.4 Å². The second-order valence-corrected chi connectivity index (χ2v) is 9.91. The number of nitrogens with zero attached hydrogens (tertiary/aromatic N) is 4. The summed E-state index contributed by atoms with van der Waals surface area (Å²) in [6.45, 7) is 8.93. The molecule has 2 aromatic carbocycles. The normalized spacial score (nSPS) is 15.2. The van der Waals surface area contributed by atoms with Gasteiger partial charge in [0.15, 0.2) is 4.80 Å². The molecule has 9 nitrogen and oxygen atoms in total. The molecule has 0 saturated heterocycles. The van der Waals surface area contributed by atoms with Crippen molar-refractivity contribution < 1.29 is 14.5 Å². The van der Waals surface area contributed by atoms with E-state index < -0.39 is 16.9 Å². The molecule has 1 aromatic heterocycles. The topological polar surface area (TPSA) is 107 Å². The van der Waals surface area contributed by atoms with Crippen LogP contribution in [0.1, 0.15) is 44.9 Å². The number of non-ortho nitro benzene ring substituents is 1. The van der Waals surface area contributed by atoms with E-state index in [9.17, 15) is 19.7 Å².